The second-order valence-electron chi connectivity index (χ2n) is 5.16. The lowest BCUT2D eigenvalue weighted by Crippen LogP contribution is -1.98. The van der Waals surface area contributed by atoms with Gasteiger partial charge in [-0.3, -0.25) is 0 Å². The number of nitrogens with zero attached hydrogens (tertiary/aromatic N) is 1. The number of ether oxygens (including phenoxy) is 1. The highest BCUT2D eigenvalue weighted by Gasteiger charge is 2.15. The maximum absolute atomic E-state index is 6.09. The van der Waals surface area contributed by atoms with Crippen LogP contribution in [0.4, 0.5) is 0 Å². The van der Waals surface area contributed by atoms with Crippen molar-refractivity contribution in [3.8, 4) is 11.5 Å². The van der Waals surface area contributed by atoms with Crippen LogP contribution in [-0.2, 0) is 6.54 Å². The molecule has 102 valence electrons. The zero-order chi connectivity index (χ0) is 14.1. The van der Waals surface area contributed by atoms with Crippen molar-refractivity contribution in [1.29, 1.82) is 0 Å². The van der Waals surface area contributed by atoms with E-state index in [9.17, 15) is 0 Å². The molecule has 1 aliphatic rings. The molecule has 0 bridgehead atoms. The summed E-state index contributed by atoms with van der Waals surface area (Å²) < 4.78 is 8.27. The molecule has 0 atom stereocenters. The summed E-state index contributed by atoms with van der Waals surface area (Å²) in [5, 5.41) is 0. The van der Waals surface area contributed by atoms with E-state index in [-0.39, 0.29) is 0 Å². The molecular weight excluding hydrogens is 258 g/mol. The number of fused-ring (bicyclic) bond motifs is 2. The Labute approximate surface area is 123 Å². The molecule has 4 rings (SSSR count). The Balaban J connectivity index is 1.87. The Kier molecular flexibility index (Phi) is 2.86. The smallest absolute Gasteiger partial charge is 0.135 e. The van der Waals surface area contributed by atoms with Gasteiger partial charge in [-0.1, -0.05) is 36.4 Å². The molecule has 2 heterocycles. The van der Waals surface area contributed by atoms with Gasteiger partial charge in [-0.05, 0) is 35.9 Å². The van der Waals surface area contributed by atoms with Gasteiger partial charge in [-0.15, -0.1) is 0 Å². The van der Waals surface area contributed by atoms with Gasteiger partial charge in [0.2, 0.25) is 0 Å². The molecule has 3 aromatic rings. The van der Waals surface area contributed by atoms with Crippen LogP contribution in [0.5, 0.6) is 11.5 Å². The lowest BCUT2D eigenvalue weighted by Gasteiger charge is -2.11. The first kappa shape index (κ1) is 12.0. The molecule has 0 aliphatic carbocycles. The third-order valence-corrected chi connectivity index (χ3v) is 3.72. The summed E-state index contributed by atoms with van der Waals surface area (Å²) >= 11 is 0. The Hall–Kier alpha value is -2.74. The molecule has 0 spiro atoms. The predicted octanol–water partition coefficient (Wildman–Crippen LogP) is 4.83. The number of rotatable bonds is 2. The summed E-state index contributed by atoms with van der Waals surface area (Å²) in [4.78, 5) is 0. The van der Waals surface area contributed by atoms with E-state index in [0.29, 0.717) is 0 Å². The molecule has 2 aromatic carbocycles. The number of aromatic nitrogens is 1. The van der Waals surface area contributed by atoms with Gasteiger partial charge < -0.3 is 9.30 Å². The highest BCUT2D eigenvalue weighted by molar-refractivity contribution is 5.87. The third-order valence-electron chi connectivity index (χ3n) is 3.72. The number of benzene rings is 2. The van der Waals surface area contributed by atoms with Gasteiger partial charge in [-0.25, -0.2) is 0 Å². The minimum absolute atomic E-state index is 0.835. The van der Waals surface area contributed by atoms with Gasteiger partial charge in [0.1, 0.15) is 11.5 Å². The molecule has 0 fully saturated rings. The van der Waals surface area contributed by atoms with Crippen molar-refractivity contribution in [2.75, 3.05) is 0 Å². The van der Waals surface area contributed by atoms with E-state index in [4.69, 9.17) is 4.74 Å². The second kappa shape index (κ2) is 4.98. The van der Waals surface area contributed by atoms with Gasteiger partial charge in [0, 0.05) is 30.1 Å². The van der Waals surface area contributed by atoms with Crippen molar-refractivity contribution in [1.82, 2.24) is 4.57 Å². The van der Waals surface area contributed by atoms with Crippen LogP contribution in [0.2, 0.25) is 0 Å². The third kappa shape index (κ3) is 2.25. The molecule has 1 aliphatic heterocycles. The van der Waals surface area contributed by atoms with Gasteiger partial charge >= 0.3 is 0 Å². The molecule has 1 aromatic heterocycles. The van der Waals surface area contributed by atoms with E-state index < -0.39 is 0 Å². The largest absolute Gasteiger partial charge is 0.456 e. The Morgan fingerprint density at radius 3 is 2.33 bits per heavy atom. The lowest BCUT2D eigenvalue weighted by atomic mass is 10.0. The van der Waals surface area contributed by atoms with Gasteiger partial charge in [0.25, 0.3) is 0 Å². The SMILES string of the molecule is C1=C(Cn2cccc2)c2ccccc2Oc2ccccc21. The van der Waals surface area contributed by atoms with Gasteiger partial charge in [0.15, 0.2) is 0 Å². The van der Waals surface area contributed by atoms with Gasteiger partial charge in [0.05, 0.1) is 0 Å². The number of allylic oxidation sites excluding steroid dienone is 1. The Morgan fingerprint density at radius 2 is 1.48 bits per heavy atom. The molecule has 2 nitrogen and oxygen atoms in total. The van der Waals surface area contributed by atoms with E-state index in [1.165, 1.54) is 5.57 Å². The molecule has 0 amide bonds. The first-order chi connectivity index (χ1) is 10.4. The molecule has 0 unspecified atom stereocenters. The van der Waals surface area contributed by atoms with Crippen molar-refractivity contribution in [3.05, 3.63) is 84.2 Å². The molecular formula is C19H15NO. The quantitative estimate of drug-likeness (QED) is 0.652. The molecule has 0 radical (unpaired) electrons. The minimum Gasteiger partial charge on any atom is -0.456 e. The van der Waals surface area contributed by atoms with Gasteiger partial charge in [-0.2, -0.15) is 0 Å². The van der Waals surface area contributed by atoms with Crippen molar-refractivity contribution in [2.45, 2.75) is 6.54 Å². The maximum Gasteiger partial charge on any atom is 0.135 e. The molecule has 0 N–H and O–H groups in total. The monoisotopic (exact) mass is 273 g/mol. The van der Waals surface area contributed by atoms with Crippen LogP contribution in [0.1, 0.15) is 11.1 Å². The summed E-state index contributed by atoms with van der Waals surface area (Å²) in [6.45, 7) is 0.835. The summed E-state index contributed by atoms with van der Waals surface area (Å²) in [5.41, 5.74) is 3.53. The summed E-state index contributed by atoms with van der Waals surface area (Å²) in [5.74, 6) is 1.83. The molecule has 0 saturated carbocycles. The Morgan fingerprint density at radius 1 is 0.762 bits per heavy atom. The molecule has 0 saturated heterocycles. The summed E-state index contributed by atoms with van der Waals surface area (Å²) in [7, 11) is 0. The van der Waals surface area contributed by atoms with Crippen molar-refractivity contribution < 1.29 is 4.74 Å². The first-order valence-corrected chi connectivity index (χ1v) is 7.08. The van der Waals surface area contributed by atoms with Crippen molar-refractivity contribution >= 4 is 11.6 Å². The molecule has 2 heteroatoms. The Bertz CT molecular complexity index is 800. The van der Waals surface area contributed by atoms with E-state index in [0.717, 1.165) is 29.2 Å². The molecule has 21 heavy (non-hydrogen) atoms. The summed E-state index contributed by atoms with van der Waals surface area (Å²) in [6, 6.07) is 20.5. The van der Waals surface area contributed by atoms with Crippen LogP contribution < -0.4 is 4.74 Å². The lowest BCUT2D eigenvalue weighted by molar-refractivity contribution is 0.481. The van der Waals surface area contributed by atoms with Crippen LogP contribution >= 0.6 is 0 Å². The van der Waals surface area contributed by atoms with E-state index in [1.54, 1.807) is 0 Å². The highest BCUT2D eigenvalue weighted by atomic mass is 16.5. The van der Waals surface area contributed by atoms with Crippen LogP contribution in [0.15, 0.2) is 73.1 Å². The fourth-order valence-electron chi connectivity index (χ4n) is 2.70. The van der Waals surface area contributed by atoms with E-state index in [1.807, 2.05) is 42.5 Å². The number of para-hydroxylation sites is 2. The zero-order valence-corrected chi connectivity index (χ0v) is 11.6. The fraction of sp³-hybridized carbons (Fsp3) is 0.0526. The topological polar surface area (TPSA) is 14.2 Å². The second-order valence-corrected chi connectivity index (χ2v) is 5.16. The zero-order valence-electron chi connectivity index (χ0n) is 11.6. The maximum atomic E-state index is 6.09. The van der Waals surface area contributed by atoms with Crippen LogP contribution in [0.3, 0.4) is 0 Å². The minimum atomic E-state index is 0.835. The average molecular weight is 273 g/mol. The van der Waals surface area contributed by atoms with E-state index in [2.05, 4.69) is 41.2 Å². The normalized spacial score (nSPS) is 12.7. The van der Waals surface area contributed by atoms with Crippen LogP contribution in [-0.4, -0.2) is 4.57 Å². The first-order valence-electron chi connectivity index (χ1n) is 7.08. The summed E-state index contributed by atoms with van der Waals surface area (Å²) in [6.07, 6.45) is 6.39. The highest BCUT2D eigenvalue weighted by Crippen LogP contribution is 2.38. The fourth-order valence-corrected chi connectivity index (χ4v) is 2.70. The van der Waals surface area contributed by atoms with Crippen molar-refractivity contribution in [3.63, 3.8) is 0 Å². The number of hydrogen-bond acceptors (Lipinski definition) is 1. The van der Waals surface area contributed by atoms with Crippen molar-refractivity contribution in [2.24, 2.45) is 0 Å². The standard InChI is InChI=1S/C19H15NO/c1-3-9-18-15(7-1)13-16(14-20-11-5-6-12-20)17-8-2-4-10-19(17)21-18/h1-13H,14H2. The van der Waals surface area contributed by atoms with Crippen LogP contribution in [0.25, 0.3) is 11.6 Å². The van der Waals surface area contributed by atoms with E-state index >= 15 is 0 Å². The predicted molar refractivity (Wildman–Crippen MR) is 85.3 cm³/mol. The average Bonchev–Trinajstić information content (AvgIpc) is 2.96. The number of hydrogen-bond donors (Lipinski definition) is 0. The van der Waals surface area contributed by atoms with Crippen LogP contribution in [0, 0.1) is 0 Å².